The average molecular weight is 334 g/mol. The second kappa shape index (κ2) is 6.01. The zero-order valence-corrected chi connectivity index (χ0v) is 14.9. The first-order valence-electron chi connectivity index (χ1n) is 9.04. The standard InChI is InChI=1S/C20H30O4/c1-12(10-21)14-8-13-4-5-17-19(2,15(13)9-16(14)23)7-6-18(24)20(17,3)11-22/h8-9,12,17-18,21-24H,4-7,10-11H2,1-3H3/t12?,17-,18+,19-,20-/m1/s1. The van der Waals surface area contributed by atoms with Crippen molar-refractivity contribution >= 4 is 0 Å². The number of hydrogen-bond donors (Lipinski definition) is 4. The van der Waals surface area contributed by atoms with Crippen molar-refractivity contribution in [3.63, 3.8) is 0 Å². The Kier molecular flexibility index (Phi) is 4.44. The first kappa shape index (κ1) is 17.7. The quantitative estimate of drug-likeness (QED) is 0.684. The van der Waals surface area contributed by atoms with Crippen LogP contribution in [0.15, 0.2) is 12.1 Å². The van der Waals surface area contributed by atoms with Crippen LogP contribution in [0.25, 0.3) is 0 Å². The lowest BCUT2D eigenvalue weighted by Crippen LogP contribution is -2.56. The van der Waals surface area contributed by atoms with E-state index in [1.165, 1.54) is 5.56 Å². The number of rotatable bonds is 3. The highest BCUT2D eigenvalue weighted by Gasteiger charge is 2.55. The molecule has 5 atom stereocenters. The van der Waals surface area contributed by atoms with Gasteiger partial charge in [0.1, 0.15) is 5.75 Å². The molecule has 1 aromatic carbocycles. The summed E-state index contributed by atoms with van der Waals surface area (Å²) in [6, 6.07) is 3.92. The lowest BCUT2D eigenvalue weighted by atomic mass is 9.49. The third kappa shape index (κ3) is 2.39. The van der Waals surface area contributed by atoms with E-state index >= 15 is 0 Å². The van der Waals surface area contributed by atoms with Crippen molar-refractivity contribution < 1.29 is 20.4 Å². The largest absolute Gasteiger partial charge is 0.508 e. The molecule has 0 aromatic heterocycles. The number of aryl methyl sites for hydroxylation is 1. The number of hydrogen-bond acceptors (Lipinski definition) is 4. The van der Waals surface area contributed by atoms with Gasteiger partial charge in [0.05, 0.1) is 12.7 Å². The molecule has 0 saturated heterocycles. The fraction of sp³-hybridized carbons (Fsp3) is 0.700. The van der Waals surface area contributed by atoms with Gasteiger partial charge in [0, 0.05) is 17.9 Å². The van der Waals surface area contributed by atoms with Crippen LogP contribution in [0.4, 0.5) is 0 Å². The summed E-state index contributed by atoms with van der Waals surface area (Å²) in [5.41, 5.74) is 2.54. The normalized spacial score (nSPS) is 36.8. The fourth-order valence-electron chi connectivity index (χ4n) is 5.27. The monoisotopic (exact) mass is 334 g/mol. The molecule has 134 valence electrons. The van der Waals surface area contributed by atoms with Crippen LogP contribution in [0.5, 0.6) is 5.75 Å². The van der Waals surface area contributed by atoms with Gasteiger partial charge in [-0.05, 0) is 59.8 Å². The van der Waals surface area contributed by atoms with Gasteiger partial charge in [0.25, 0.3) is 0 Å². The minimum Gasteiger partial charge on any atom is -0.508 e. The van der Waals surface area contributed by atoms with Crippen molar-refractivity contribution in [2.75, 3.05) is 13.2 Å². The molecule has 4 heteroatoms. The number of benzene rings is 1. The van der Waals surface area contributed by atoms with E-state index in [2.05, 4.69) is 6.92 Å². The van der Waals surface area contributed by atoms with Gasteiger partial charge in [-0.2, -0.15) is 0 Å². The Morgan fingerprint density at radius 1 is 1.21 bits per heavy atom. The number of fused-ring (bicyclic) bond motifs is 3. The van der Waals surface area contributed by atoms with E-state index in [1.807, 2.05) is 26.0 Å². The van der Waals surface area contributed by atoms with Crippen LogP contribution >= 0.6 is 0 Å². The zero-order valence-electron chi connectivity index (χ0n) is 14.9. The van der Waals surface area contributed by atoms with E-state index in [4.69, 9.17) is 0 Å². The van der Waals surface area contributed by atoms with E-state index in [-0.39, 0.29) is 36.2 Å². The van der Waals surface area contributed by atoms with E-state index in [0.29, 0.717) is 6.42 Å². The predicted octanol–water partition coefficient (Wildman–Crippen LogP) is 2.46. The molecular weight excluding hydrogens is 304 g/mol. The summed E-state index contributed by atoms with van der Waals surface area (Å²) in [6.07, 6.45) is 2.84. The average Bonchev–Trinajstić information content (AvgIpc) is 2.58. The van der Waals surface area contributed by atoms with E-state index in [1.54, 1.807) is 0 Å². The van der Waals surface area contributed by atoms with Crippen LogP contribution in [-0.2, 0) is 11.8 Å². The Hall–Kier alpha value is -1.10. The van der Waals surface area contributed by atoms with Crippen LogP contribution in [0.1, 0.15) is 62.6 Å². The molecule has 0 aliphatic heterocycles. The number of aliphatic hydroxyl groups is 3. The Morgan fingerprint density at radius 3 is 2.54 bits per heavy atom. The van der Waals surface area contributed by atoms with Crippen molar-refractivity contribution in [1.82, 2.24) is 0 Å². The maximum absolute atomic E-state index is 10.5. The van der Waals surface area contributed by atoms with Gasteiger partial charge in [0.2, 0.25) is 0 Å². The minimum absolute atomic E-state index is 0.0149. The van der Waals surface area contributed by atoms with Crippen molar-refractivity contribution in [3.05, 3.63) is 28.8 Å². The van der Waals surface area contributed by atoms with E-state index < -0.39 is 11.5 Å². The number of phenols is 1. The Morgan fingerprint density at radius 2 is 1.92 bits per heavy atom. The number of aromatic hydroxyl groups is 1. The third-order valence-corrected chi connectivity index (χ3v) is 6.98. The topological polar surface area (TPSA) is 80.9 Å². The molecule has 1 fully saturated rings. The Labute approximate surface area is 144 Å². The predicted molar refractivity (Wildman–Crippen MR) is 93.2 cm³/mol. The second-order valence-corrected chi connectivity index (χ2v) is 8.38. The molecule has 3 rings (SSSR count). The highest BCUT2D eigenvalue weighted by molar-refractivity contribution is 5.49. The smallest absolute Gasteiger partial charge is 0.119 e. The van der Waals surface area contributed by atoms with Crippen LogP contribution in [0.2, 0.25) is 0 Å². The number of phenolic OH excluding ortho intramolecular Hbond substituents is 1. The Balaban J connectivity index is 2.09. The molecule has 0 spiro atoms. The molecule has 4 N–H and O–H groups in total. The lowest BCUT2D eigenvalue weighted by Gasteiger charge is -2.56. The molecule has 0 heterocycles. The van der Waals surface area contributed by atoms with Gasteiger partial charge in [-0.1, -0.05) is 26.8 Å². The van der Waals surface area contributed by atoms with Gasteiger partial charge in [-0.15, -0.1) is 0 Å². The fourth-order valence-corrected chi connectivity index (χ4v) is 5.27. The van der Waals surface area contributed by atoms with Crippen molar-refractivity contribution in [2.24, 2.45) is 11.3 Å². The SMILES string of the molecule is CC(CO)c1cc2c(cc1O)[C@@]1(C)CC[C@H](O)[C@](C)(CO)[C@@H]1CC2. The minimum atomic E-state index is -0.503. The molecule has 1 unspecified atom stereocenters. The molecule has 0 radical (unpaired) electrons. The van der Waals surface area contributed by atoms with Crippen LogP contribution in [-0.4, -0.2) is 39.7 Å². The summed E-state index contributed by atoms with van der Waals surface area (Å²) in [6.45, 7) is 6.11. The second-order valence-electron chi connectivity index (χ2n) is 8.38. The molecule has 0 amide bonds. The molecule has 2 aliphatic rings. The van der Waals surface area contributed by atoms with Crippen LogP contribution in [0, 0.1) is 11.3 Å². The molecule has 1 aromatic rings. The summed E-state index contributed by atoms with van der Waals surface area (Å²) in [4.78, 5) is 0. The van der Waals surface area contributed by atoms with E-state index in [9.17, 15) is 20.4 Å². The Bertz CT molecular complexity index is 628. The van der Waals surface area contributed by atoms with Gasteiger partial charge in [0.15, 0.2) is 0 Å². The van der Waals surface area contributed by atoms with Gasteiger partial charge >= 0.3 is 0 Å². The lowest BCUT2D eigenvalue weighted by molar-refractivity contribution is -0.110. The third-order valence-electron chi connectivity index (χ3n) is 6.98. The van der Waals surface area contributed by atoms with Crippen molar-refractivity contribution in [3.8, 4) is 5.75 Å². The highest BCUT2D eigenvalue weighted by Crippen LogP contribution is 2.57. The summed E-state index contributed by atoms with van der Waals surface area (Å²) in [5, 5.41) is 40.4. The summed E-state index contributed by atoms with van der Waals surface area (Å²) < 4.78 is 0. The van der Waals surface area contributed by atoms with Gasteiger partial charge < -0.3 is 20.4 Å². The molecule has 0 bridgehead atoms. The molecule has 2 aliphatic carbocycles. The number of aliphatic hydroxyl groups excluding tert-OH is 3. The molecule has 24 heavy (non-hydrogen) atoms. The molecule has 4 nitrogen and oxygen atoms in total. The summed E-state index contributed by atoms with van der Waals surface area (Å²) >= 11 is 0. The van der Waals surface area contributed by atoms with Crippen molar-refractivity contribution in [1.29, 1.82) is 0 Å². The molecular formula is C20H30O4. The van der Waals surface area contributed by atoms with Crippen molar-refractivity contribution in [2.45, 2.75) is 63.9 Å². The molecule has 1 saturated carbocycles. The first-order valence-corrected chi connectivity index (χ1v) is 9.04. The van der Waals surface area contributed by atoms with Gasteiger partial charge in [-0.25, -0.2) is 0 Å². The van der Waals surface area contributed by atoms with Gasteiger partial charge in [-0.3, -0.25) is 0 Å². The maximum Gasteiger partial charge on any atom is 0.119 e. The first-order chi connectivity index (χ1) is 11.3. The van der Waals surface area contributed by atoms with Crippen LogP contribution in [0.3, 0.4) is 0 Å². The highest BCUT2D eigenvalue weighted by atomic mass is 16.3. The summed E-state index contributed by atoms with van der Waals surface area (Å²) in [7, 11) is 0. The van der Waals surface area contributed by atoms with E-state index in [0.717, 1.165) is 30.4 Å². The van der Waals surface area contributed by atoms with Crippen LogP contribution < -0.4 is 0 Å². The maximum atomic E-state index is 10.5. The summed E-state index contributed by atoms with van der Waals surface area (Å²) in [5.74, 6) is 0.345. The zero-order chi connectivity index (χ0) is 17.7.